The second-order valence-corrected chi connectivity index (χ2v) is 8.40. The van der Waals surface area contributed by atoms with Crippen molar-refractivity contribution in [2.75, 3.05) is 27.1 Å². The maximum absolute atomic E-state index is 9.68. The molecule has 0 aromatic heterocycles. The first-order valence-electron chi connectivity index (χ1n) is 12.2. The standard InChI is InChI=1S/C28H35NO5/c1-31-27-18-22(17-24(20-29)23-12-14-26-28(19-23)34-21-33-26)11-13-25(27)32-16-10-8-6-4-2-3-5-7-9-15-30/h11-14,17-19,30H,2-10,15-16,21H2,1H3/b24-17+. The van der Waals surface area contributed by atoms with Crippen LogP contribution in [0.25, 0.3) is 11.6 Å². The van der Waals surface area contributed by atoms with Crippen molar-refractivity contribution in [2.24, 2.45) is 0 Å². The molecule has 182 valence electrons. The molecule has 1 aliphatic heterocycles. The maximum Gasteiger partial charge on any atom is 0.231 e. The predicted octanol–water partition coefficient (Wildman–Crippen LogP) is 6.37. The molecule has 0 bridgehead atoms. The van der Waals surface area contributed by atoms with E-state index < -0.39 is 0 Å². The summed E-state index contributed by atoms with van der Waals surface area (Å²) in [5.41, 5.74) is 2.16. The van der Waals surface area contributed by atoms with Gasteiger partial charge in [0.2, 0.25) is 6.79 Å². The average Bonchev–Trinajstić information content (AvgIpc) is 3.34. The Labute approximate surface area is 202 Å². The fraction of sp³-hybridized carbons (Fsp3) is 0.464. The van der Waals surface area contributed by atoms with Crippen LogP contribution in [0.5, 0.6) is 23.0 Å². The minimum absolute atomic E-state index is 0.204. The monoisotopic (exact) mass is 465 g/mol. The number of nitrogens with zero attached hydrogens (tertiary/aromatic N) is 1. The lowest BCUT2D eigenvalue weighted by atomic mass is 10.0. The Morgan fingerprint density at radius 1 is 0.912 bits per heavy atom. The number of unbranched alkanes of at least 4 members (excludes halogenated alkanes) is 8. The number of benzene rings is 2. The lowest BCUT2D eigenvalue weighted by Gasteiger charge is -2.11. The first-order chi connectivity index (χ1) is 16.7. The Morgan fingerprint density at radius 2 is 1.62 bits per heavy atom. The van der Waals surface area contributed by atoms with E-state index in [0.29, 0.717) is 41.8 Å². The molecular formula is C28H35NO5. The molecule has 1 aliphatic rings. The molecule has 2 aromatic rings. The number of hydrogen-bond acceptors (Lipinski definition) is 6. The zero-order valence-corrected chi connectivity index (χ0v) is 20.1. The summed E-state index contributed by atoms with van der Waals surface area (Å²) < 4.78 is 22.3. The lowest BCUT2D eigenvalue weighted by molar-refractivity contribution is 0.174. The number of fused-ring (bicyclic) bond motifs is 1. The van der Waals surface area contributed by atoms with Gasteiger partial charge in [0, 0.05) is 6.61 Å². The summed E-state index contributed by atoms with van der Waals surface area (Å²) >= 11 is 0. The highest BCUT2D eigenvalue weighted by molar-refractivity contribution is 5.90. The molecule has 1 N–H and O–H groups in total. The second-order valence-electron chi connectivity index (χ2n) is 8.40. The van der Waals surface area contributed by atoms with Crippen LogP contribution in [0.1, 0.15) is 68.9 Å². The molecule has 0 aliphatic carbocycles. The Morgan fingerprint density at radius 3 is 2.32 bits per heavy atom. The molecule has 34 heavy (non-hydrogen) atoms. The Balaban J connectivity index is 1.47. The highest BCUT2D eigenvalue weighted by Crippen LogP contribution is 2.35. The van der Waals surface area contributed by atoms with Crippen molar-refractivity contribution in [3.63, 3.8) is 0 Å². The zero-order valence-electron chi connectivity index (χ0n) is 20.1. The summed E-state index contributed by atoms with van der Waals surface area (Å²) in [4.78, 5) is 0. The van der Waals surface area contributed by atoms with Gasteiger partial charge >= 0.3 is 0 Å². The third-order valence-corrected chi connectivity index (χ3v) is 5.86. The molecule has 3 rings (SSSR count). The van der Waals surface area contributed by atoms with Crippen LogP contribution in [0.2, 0.25) is 0 Å². The molecule has 0 amide bonds. The van der Waals surface area contributed by atoms with Crippen LogP contribution in [-0.2, 0) is 0 Å². The van der Waals surface area contributed by atoms with Gasteiger partial charge in [0.15, 0.2) is 23.0 Å². The number of allylic oxidation sites excluding steroid dienone is 1. The summed E-state index contributed by atoms with van der Waals surface area (Å²) in [5, 5.41) is 18.5. The number of rotatable bonds is 15. The average molecular weight is 466 g/mol. The molecule has 6 heteroatoms. The molecule has 0 fully saturated rings. The van der Waals surface area contributed by atoms with Crippen molar-refractivity contribution in [1.29, 1.82) is 5.26 Å². The quantitative estimate of drug-likeness (QED) is 0.187. The van der Waals surface area contributed by atoms with Crippen molar-refractivity contribution < 1.29 is 24.1 Å². The van der Waals surface area contributed by atoms with E-state index in [9.17, 15) is 5.26 Å². The normalized spacial score (nSPS) is 12.4. The van der Waals surface area contributed by atoms with Crippen molar-refractivity contribution in [3.8, 4) is 29.1 Å². The van der Waals surface area contributed by atoms with Gasteiger partial charge in [0.25, 0.3) is 0 Å². The van der Waals surface area contributed by atoms with Crippen molar-refractivity contribution >= 4 is 11.6 Å². The maximum atomic E-state index is 9.68. The Bertz CT molecular complexity index is 979. The molecular weight excluding hydrogens is 430 g/mol. The van der Waals surface area contributed by atoms with Crippen LogP contribution in [-0.4, -0.2) is 32.2 Å². The number of nitriles is 1. The van der Waals surface area contributed by atoms with Gasteiger partial charge in [-0.15, -0.1) is 0 Å². The van der Waals surface area contributed by atoms with Gasteiger partial charge in [-0.2, -0.15) is 5.26 Å². The number of ether oxygens (including phenoxy) is 4. The van der Waals surface area contributed by atoms with Crippen LogP contribution >= 0.6 is 0 Å². The van der Waals surface area contributed by atoms with E-state index in [1.165, 1.54) is 32.1 Å². The van der Waals surface area contributed by atoms with E-state index >= 15 is 0 Å². The smallest absolute Gasteiger partial charge is 0.231 e. The van der Waals surface area contributed by atoms with Gasteiger partial charge in [-0.25, -0.2) is 0 Å². The van der Waals surface area contributed by atoms with Gasteiger partial charge in [-0.1, -0.05) is 51.0 Å². The van der Waals surface area contributed by atoms with Gasteiger partial charge in [-0.05, 0) is 60.4 Å². The van der Waals surface area contributed by atoms with Gasteiger partial charge in [0.05, 0.1) is 25.4 Å². The second kappa shape index (κ2) is 14.2. The predicted molar refractivity (Wildman–Crippen MR) is 133 cm³/mol. The van der Waals surface area contributed by atoms with Crippen molar-refractivity contribution in [3.05, 3.63) is 47.5 Å². The van der Waals surface area contributed by atoms with E-state index in [0.717, 1.165) is 36.8 Å². The van der Waals surface area contributed by atoms with E-state index in [-0.39, 0.29) is 6.79 Å². The SMILES string of the molecule is COc1cc(/C=C(\C#N)c2ccc3c(c2)OCO3)ccc1OCCCCCCCCCCCO. The van der Waals surface area contributed by atoms with Crippen molar-refractivity contribution in [2.45, 2.75) is 57.8 Å². The van der Waals surface area contributed by atoms with Crippen LogP contribution in [0.3, 0.4) is 0 Å². The Hall–Kier alpha value is -3.17. The number of methoxy groups -OCH3 is 1. The summed E-state index contributed by atoms with van der Waals surface area (Å²) in [6.45, 7) is 1.17. The summed E-state index contributed by atoms with van der Waals surface area (Å²) in [6.07, 6.45) is 12.3. The number of aliphatic hydroxyl groups excluding tert-OH is 1. The topological polar surface area (TPSA) is 80.9 Å². The minimum atomic E-state index is 0.204. The van der Waals surface area contributed by atoms with Crippen LogP contribution < -0.4 is 18.9 Å². The van der Waals surface area contributed by atoms with E-state index in [1.807, 2.05) is 42.5 Å². The molecule has 0 spiro atoms. The van der Waals surface area contributed by atoms with E-state index in [1.54, 1.807) is 7.11 Å². The first-order valence-corrected chi connectivity index (χ1v) is 12.2. The summed E-state index contributed by atoms with van der Waals surface area (Å²) in [6, 6.07) is 13.5. The fourth-order valence-electron chi connectivity index (χ4n) is 3.94. The van der Waals surface area contributed by atoms with Crippen LogP contribution in [0, 0.1) is 11.3 Å². The van der Waals surface area contributed by atoms with Gasteiger partial charge in [0.1, 0.15) is 0 Å². The van der Waals surface area contributed by atoms with Crippen LogP contribution in [0.4, 0.5) is 0 Å². The largest absolute Gasteiger partial charge is 0.493 e. The molecule has 0 atom stereocenters. The molecule has 0 saturated heterocycles. The molecule has 0 radical (unpaired) electrons. The fourth-order valence-corrected chi connectivity index (χ4v) is 3.94. The molecule has 0 unspecified atom stereocenters. The lowest BCUT2D eigenvalue weighted by Crippen LogP contribution is -1.99. The molecule has 2 aromatic carbocycles. The van der Waals surface area contributed by atoms with E-state index in [2.05, 4.69) is 6.07 Å². The highest BCUT2D eigenvalue weighted by Gasteiger charge is 2.15. The zero-order chi connectivity index (χ0) is 24.0. The summed E-state index contributed by atoms with van der Waals surface area (Å²) in [7, 11) is 1.62. The van der Waals surface area contributed by atoms with Crippen LogP contribution in [0.15, 0.2) is 36.4 Å². The van der Waals surface area contributed by atoms with E-state index in [4.69, 9.17) is 24.1 Å². The third kappa shape index (κ3) is 7.71. The van der Waals surface area contributed by atoms with Gasteiger partial charge < -0.3 is 24.1 Å². The summed E-state index contributed by atoms with van der Waals surface area (Å²) in [5.74, 6) is 2.71. The third-order valence-electron chi connectivity index (χ3n) is 5.86. The number of hydrogen-bond donors (Lipinski definition) is 1. The number of aliphatic hydroxyl groups is 1. The molecule has 1 heterocycles. The van der Waals surface area contributed by atoms with Gasteiger partial charge in [-0.3, -0.25) is 0 Å². The molecule has 0 saturated carbocycles. The molecule has 6 nitrogen and oxygen atoms in total. The Kier molecular flexibility index (Phi) is 10.6. The minimum Gasteiger partial charge on any atom is -0.493 e. The highest BCUT2D eigenvalue weighted by atomic mass is 16.7. The van der Waals surface area contributed by atoms with Crippen molar-refractivity contribution in [1.82, 2.24) is 0 Å². The first kappa shape index (κ1) is 25.5.